The summed E-state index contributed by atoms with van der Waals surface area (Å²) >= 11 is 0. The number of hydrogen-bond acceptors (Lipinski definition) is 4. The van der Waals surface area contributed by atoms with Gasteiger partial charge in [0.05, 0.1) is 6.04 Å². The van der Waals surface area contributed by atoms with E-state index in [0.29, 0.717) is 24.6 Å². The number of rotatable bonds is 3. The minimum atomic E-state index is -0.250. The second-order valence-corrected chi connectivity index (χ2v) is 6.30. The number of fused-ring (bicyclic) bond motifs is 1. The topological polar surface area (TPSA) is 42.0 Å². The van der Waals surface area contributed by atoms with Crippen molar-refractivity contribution < 1.29 is 18.7 Å². The third-order valence-corrected chi connectivity index (χ3v) is 4.75. The van der Waals surface area contributed by atoms with E-state index in [4.69, 9.17) is 9.47 Å². The number of carbonyl (C=O) groups is 1. The van der Waals surface area contributed by atoms with E-state index in [1.54, 1.807) is 17.0 Å². The second kappa shape index (κ2) is 6.37. The Morgan fingerprint density at radius 3 is 2.64 bits per heavy atom. The van der Waals surface area contributed by atoms with Gasteiger partial charge in [0, 0.05) is 31.4 Å². The van der Waals surface area contributed by atoms with Crippen LogP contribution in [-0.4, -0.2) is 36.7 Å². The summed E-state index contributed by atoms with van der Waals surface area (Å²) in [4.78, 5) is 16.7. The van der Waals surface area contributed by atoms with Crippen LogP contribution in [0.25, 0.3) is 0 Å². The maximum atomic E-state index is 13.0. The van der Waals surface area contributed by atoms with Crippen LogP contribution in [0.15, 0.2) is 42.5 Å². The van der Waals surface area contributed by atoms with Gasteiger partial charge in [-0.2, -0.15) is 0 Å². The SMILES string of the molecule is C[C@@H]1C(=O)N(c2ccc3c(c2)OCO3)CCN1Cc1ccc(F)cc1. The number of carbonyl (C=O) groups excluding carboxylic acids is 1. The maximum absolute atomic E-state index is 13.0. The number of nitrogens with zero attached hydrogens (tertiary/aromatic N) is 2. The third kappa shape index (κ3) is 3.05. The van der Waals surface area contributed by atoms with E-state index in [2.05, 4.69) is 4.90 Å². The van der Waals surface area contributed by atoms with Gasteiger partial charge in [0.2, 0.25) is 12.7 Å². The van der Waals surface area contributed by atoms with Gasteiger partial charge in [-0.3, -0.25) is 9.69 Å². The van der Waals surface area contributed by atoms with Crippen LogP contribution in [0, 0.1) is 5.82 Å². The van der Waals surface area contributed by atoms with E-state index < -0.39 is 0 Å². The first kappa shape index (κ1) is 15.9. The largest absolute Gasteiger partial charge is 0.454 e. The molecule has 0 unspecified atom stereocenters. The van der Waals surface area contributed by atoms with Gasteiger partial charge in [0.25, 0.3) is 0 Å². The Labute approximate surface area is 145 Å². The van der Waals surface area contributed by atoms with Crippen molar-refractivity contribution >= 4 is 11.6 Å². The van der Waals surface area contributed by atoms with Crippen LogP contribution < -0.4 is 14.4 Å². The highest BCUT2D eigenvalue weighted by molar-refractivity contribution is 5.98. The lowest BCUT2D eigenvalue weighted by atomic mass is 10.1. The molecule has 0 N–H and O–H groups in total. The molecule has 1 atom stereocenters. The lowest BCUT2D eigenvalue weighted by Crippen LogP contribution is -2.55. The molecule has 1 amide bonds. The first-order chi connectivity index (χ1) is 12.1. The van der Waals surface area contributed by atoms with E-state index in [1.165, 1.54) is 12.1 Å². The molecule has 2 aromatic carbocycles. The first-order valence-electron chi connectivity index (χ1n) is 8.31. The Bertz CT molecular complexity index is 794. The van der Waals surface area contributed by atoms with Crippen molar-refractivity contribution in [3.05, 3.63) is 53.8 Å². The molecule has 0 bridgehead atoms. The van der Waals surface area contributed by atoms with E-state index in [0.717, 1.165) is 17.8 Å². The van der Waals surface area contributed by atoms with Gasteiger partial charge in [-0.1, -0.05) is 12.1 Å². The molecule has 0 spiro atoms. The van der Waals surface area contributed by atoms with Gasteiger partial charge in [0.1, 0.15) is 5.82 Å². The number of piperazine rings is 1. The molecule has 5 nitrogen and oxygen atoms in total. The zero-order chi connectivity index (χ0) is 17.4. The number of amides is 1. The predicted octanol–water partition coefficient (Wildman–Crippen LogP) is 2.79. The summed E-state index contributed by atoms with van der Waals surface area (Å²) in [5.41, 5.74) is 1.82. The Morgan fingerprint density at radius 2 is 1.84 bits per heavy atom. The lowest BCUT2D eigenvalue weighted by molar-refractivity contribution is -0.125. The van der Waals surface area contributed by atoms with Gasteiger partial charge in [0.15, 0.2) is 11.5 Å². The minimum Gasteiger partial charge on any atom is -0.454 e. The van der Waals surface area contributed by atoms with Crippen LogP contribution in [0.2, 0.25) is 0 Å². The average Bonchev–Trinajstić information content (AvgIpc) is 3.09. The second-order valence-electron chi connectivity index (χ2n) is 6.30. The highest BCUT2D eigenvalue weighted by Gasteiger charge is 2.32. The van der Waals surface area contributed by atoms with Crippen LogP contribution >= 0.6 is 0 Å². The van der Waals surface area contributed by atoms with Crippen LogP contribution in [-0.2, 0) is 11.3 Å². The van der Waals surface area contributed by atoms with E-state index >= 15 is 0 Å². The molecule has 0 aliphatic carbocycles. The van der Waals surface area contributed by atoms with Gasteiger partial charge >= 0.3 is 0 Å². The molecule has 1 fully saturated rings. The molecule has 2 aliphatic rings. The van der Waals surface area contributed by atoms with Crippen LogP contribution in [0.4, 0.5) is 10.1 Å². The molecule has 2 aliphatic heterocycles. The standard InChI is InChI=1S/C19H19FN2O3/c1-13-19(23)22(16-6-7-17-18(10-16)25-12-24-17)9-8-21(13)11-14-2-4-15(20)5-3-14/h2-7,10,13H,8-9,11-12H2,1H3/t13-/m1/s1. The summed E-state index contributed by atoms with van der Waals surface area (Å²) in [6.45, 7) is 4.10. The molecule has 0 radical (unpaired) electrons. The maximum Gasteiger partial charge on any atom is 0.244 e. The fourth-order valence-electron chi connectivity index (χ4n) is 3.26. The van der Waals surface area contributed by atoms with E-state index in [9.17, 15) is 9.18 Å². The van der Waals surface area contributed by atoms with Crippen LogP contribution in [0.5, 0.6) is 11.5 Å². The summed E-state index contributed by atoms with van der Waals surface area (Å²) in [5, 5.41) is 0. The Kier molecular flexibility index (Phi) is 4.05. The molecule has 6 heteroatoms. The van der Waals surface area contributed by atoms with Crippen molar-refractivity contribution in [2.45, 2.75) is 19.5 Å². The van der Waals surface area contributed by atoms with Crippen molar-refractivity contribution in [1.29, 1.82) is 0 Å². The van der Waals surface area contributed by atoms with E-state index in [1.807, 2.05) is 25.1 Å². The monoisotopic (exact) mass is 342 g/mol. The lowest BCUT2D eigenvalue weighted by Gasteiger charge is -2.39. The number of anilines is 1. The summed E-state index contributed by atoms with van der Waals surface area (Å²) in [6.07, 6.45) is 0. The molecule has 25 heavy (non-hydrogen) atoms. The predicted molar refractivity (Wildman–Crippen MR) is 91.2 cm³/mol. The van der Waals surface area contributed by atoms with Crippen molar-refractivity contribution in [2.75, 3.05) is 24.8 Å². The number of halogens is 1. The molecule has 130 valence electrons. The molecule has 2 aromatic rings. The molecular formula is C19H19FN2O3. The van der Waals surface area contributed by atoms with Gasteiger partial charge in [-0.25, -0.2) is 4.39 Å². The highest BCUT2D eigenvalue weighted by Crippen LogP contribution is 2.36. The summed E-state index contributed by atoms with van der Waals surface area (Å²) in [6, 6.07) is 11.7. The highest BCUT2D eigenvalue weighted by atomic mass is 19.1. The van der Waals surface area contributed by atoms with Gasteiger partial charge in [-0.05, 0) is 36.8 Å². The molecule has 2 heterocycles. The minimum absolute atomic E-state index is 0.0484. The van der Waals surface area contributed by atoms with Crippen molar-refractivity contribution in [1.82, 2.24) is 4.90 Å². The molecular weight excluding hydrogens is 323 g/mol. The smallest absolute Gasteiger partial charge is 0.244 e. The van der Waals surface area contributed by atoms with E-state index in [-0.39, 0.29) is 24.6 Å². The normalized spacial score (nSPS) is 20.2. The summed E-state index contributed by atoms with van der Waals surface area (Å²) in [7, 11) is 0. The van der Waals surface area contributed by atoms with Crippen molar-refractivity contribution in [3.63, 3.8) is 0 Å². The average molecular weight is 342 g/mol. The van der Waals surface area contributed by atoms with Gasteiger partial charge < -0.3 is 14.4 Å². The van der Waals surface area contributed by atoms with Crippen molar-refractivity contribution in [3.8, 4) is 11.5 Å². The number of ether oxygens (including phenoxy) is 2. The van der Waals surface area contributed by atoms with Crippen LogP contribution in [0.3, 0.4) is 0 Å². The van der Waals surface area contributed by atoms with Crippen LogP contribution in [0.1, 0.15) is 12.5 Å². The first-order valence-corrected chi connectivity index (χ1v) is 8.31. The van der Waals surface area contributed by atoms with Gasteiger partial charge in [-0.15, -0.1) is 0 Å². The fraction of sp³-hybridized carbons (Fsp3) is 0.316. The Morgan fingerprint density at radius 1 is 1.08 bits per heavy atom. The summed E-state index contributed by atoms with van der Waals surface area (Å²) in [5.74, 6) is 1.18. The number of hydrogen-bond donors (Lipinski definition) is 0. The zero-order valence-electron chi connectivity index (χ0n) is 13.9. The fourth-order valence-corrected chi connectivity index (χ4v) is 3.26. The summed E-state index contributed by atoms with van der Waals surface area (Å²) < 4.78 is 23.8. The Hall–Kier alpha value is -2.60. The quantitative estimate of drug-likeness (QED) is 0.860. The number of benzene rings is 2. The molecule has 0 saturated carbocycles. The molecule has 1 saturated heterocycles. The molecule has 4 rings (SSSR count). The zero-order valence-corrected chi connectivity index (χ0v) is 13.9. The van der Waals surface area contributed by atoms with Crippen molar-refractivity contribution in [2.24, 2.45) is 0 Å². The molecule has 0 aromatic heterocycles. The Balaban J connectivity index is 1.48. The third-order valence-electron chi connectivity index (χ3n) is 4.75.